The van der Waals surface area contributed by atoms with Gasteiger partial charge in [-0.2, -0.15) is 0 Å². The lowest BCUT2D eigenvalue weighted by Crippen LogP contribution is -2.47. The monoisotopic (exact) mass is 1170 g/mol. The number of phosphoric acid groups is 1. The van der Waals surface area contributed by atoms with Gasteiger partial charge in [-0.15, -0.1) is 0 Å². The third-order valence-electron chi connectivity index (χ3n) is 14.1. The molecule has 9 nitrogen and oxygen atoms in total. The fraction of sp³-hybridized carbons (Fsp3) is 0.671. The van der Waals surface area contributed by atoms with Crippen molar-refractivity contribution in [3.05, 3.63) is 134 Å². The van der Waals surface area contributed by atoms with Crippen LogP contribution in [0.1, 0.15) is 265 Å². The molecule has 0 aliphatic heterocycles. The number of rotatable bonds is 59. The molecular weight excluding hydrogens is 1050 g/mol. The Morgan fingerprint density at radius 3 is 1.16 bits per heavy atom. The lowest BCUT2D eigenvalue weighted by molar-refractivity contribution is -0.870. The molecule has 10 heteroatoms. The molecule has 83 heavy (non-hydrogen) atoms. The van der Waals surface area contributed by atoms with Crippen LogP contribution >= 0.6 is 7.82 Å². The highest BCUT2D eigenvalue weighted by atomic mass is 31.2. The van der Waals surface area contributed by atoms with Crippen LogP contribution < -0.4 is 10.2 Å². The molecule has 0 radical (unpaired) electrons. The van der Waals surface area contributed by atoms with Crippen molar-refractivity contribution in [3.63, 3.8) is 0 Å². The third kappa shape index (κ3) is 62.5. The normalized spacial score (nSPS) is 14.4. The SMILES string of the molecule is CC/C=C\C/C=C\C/C=C\C/C=C\C/C=C\CCCCCCCCCCCC(=O)OC(/C=C/CCCCCCCCCCC)C(COP(=O)([O-])OCC[N+](C)(C)C)NC(=O)CCCCCCC/C=C\C/C=C\C/C=C\C/C=C\C/C=C\CC. The van der Waals surface area contributed by atoms with Crippen LogP contribution in [0.5, 0.6) is 0 Å². The van der Waals surface area contributed by atoms with Gasteiger partial charge in [-0.25, -0.2) is 0 Å². The Balaban J connectivity index is 5.16. The van der Waals surface area contributed by atoms with E-state index in [0.29, 0.717) is 23.9 Å². The number of quaternary nitrogens is 1. The second-order valence-electron chi connectivity index (χ2n) is 23.2. The minimum Gasteiger partial charge on any atom is -0.756 e. The Labute approximate surface area is 511 Å². The fourth-order valence-corrected chi connectivity index (χ4v) is 9.71. The Morgan fingerprint density at radius 2 is 0.771 bits per heavy atom. The van der Waals surface area contributed by atoms with Gasteiger partial charge in [0, 0.05) is 12.8 Å². The predicted octanol–water partition coefficient (Wildman–Crippen LogP) is 20.6. The van der Waals surface area contributed by atoms with Crippen LogP contribution in [0.4, 0.5) is 0 Å². The second-order valence-corrected chi connectivity index (χ2v) is 24.6. The lowest BCUT2D eigenvalue weighted by atomic mass is 10.1. The van der Waals surface area contributed by atoms with E-state index in [2.05, 4.69) is 148 Å². The van der Waals surface area contributed by atoms with Crippen molar-refractivity contribution in [2.24, 2.45) is 0 Å². The molecule has 0 rings (SSSR count). The summed E-state index contributed by atoms with van der Waals surface area (Å²) in [6.45, 7) is 6.58. The van der Waals surface area contributed by atoms with Crippen molar-refractivity contribution in [2.45, 2.75) is 277 Å². The first-order valence-electron chi connectivity index (χ1n) is 33.5. The molecule has 0 heterocycles. The van der Waals surface area contributed by atoms with Gasteiger partial charge >= 0.3 is 5.97 Å². The van der Waals surface area contributed by atoms with E-state index in [1.54, 1.807) is 0 Å². The Bertz CT molecular complexity index is 1880. The van der Waals surface area contributed by atoms with Gasteiger partial charge in [0.25, 0.3) is 7.82 Å². The highest BCUT2D eigenvalue weighted by Gasteiger charge is 2.27. The van der Waals surface area contributed by atoms with Crippen LogP contribution in [-0.2, 0) is 27.9 Å². The summed E-state index contributed by atoms with van der Waals surface area (Å²) in [5.41, 5.74) is 0. The lowest BCUT2D eigenvalue weighted by Gasteiger charge is -2.30. The minimum atomic E-state index is -4.72. The van der Waals surface area contributed by atoms with E-state index < -0.39 is 26.6 Å². The van der Waals surface area contributed by atoms with Gasteiger partial charge in [-0.3, -0.25) is 14.2 Å². The summed E-state index contributed by atoms with van der Waals surface area (Å²) in [6, 6.07) is -0.911. The number of hydrogen-bond acceptors (Lipinski definition) is 7. The average molecular weight is 1170 g/mol. The number of ether oxygens (including phenoxy) is 1. The number of unbranched alkanes of at least 4 members (excludes halogenated alkanes) is 23. The summed E-state index contributed by atoms with van der Waals surface area (Å²) in [5.74, 6) is -0.577. The number of carbonyl (C=O) groups is 2. The molecule has 0 aliphatic carbocycles. The maximum atomic E-state index is 13.6. The van der Waals surface area contributed by atoms with Crippen LogP contribution in [0.3, 0.4) is 0 Å². The number of amides is 1. The van der Waals surface area contributed by atoms with E-state index in [1.807, 2.05) is 33.3 Å². The van der Waals surface area contributed by atoms with Crippen molar-refractivity contribution in [2.75, 3.05) is 40.9 Å². The molecule has 0 aromatic rings. The number of nitrogens with zero attached hydrogens (tertiary/aromatic N) is 1. The van der Waals surface area contributed by atoms with Gasteiger partial charge in [0.1, 0.15) is 19.3 Å². The van der Waals surface area contributed by atoms with Crippen LogP contribution in [0.15, 0.2) is 134 Å². The van der Waals surface area contributed by atoms with Gasteiger partial charge in [0.2, 0.25) is 5.91 Å². The van der Waals surface area contributed by atoms with Gasteiger partial charge in [0.05, 0.1) is 33.8 Å². The van der Waals surface area contributed by atoms with Crippen LogP contribution in [0.2, 0.25) is 0 Å². The molecule has 0 fully saturated rings. The van der Waals surface area contributed by atoms with Crippen molar-refractivity contribution in [1.82, 2.24) is 5.32 Å². The zero-order chi connectivity index (χ0) is 60.7. The summed E-state index contributed by atoms with van der Waals surface area (Å²) >= 11 is 0. The van der Waals surface area contributed by atoms with E-state index in [9.17, 15) is 19.0 Å². The summed E-state index contributed by atoms with van der Waals surface area (Å²) in [4.78, 5) is 40.1. The number of phosphoric ester groups is 1. The van der Waals surface area contributed by atoms with E-state index in [-0.39, 0.29) is 31.3 Å². The Morgan fingerprint density at radius 1 is 0.434 bits per heavy atom. The molecule has 474 valence electrons. The maximum Gasteiger partial charge on any atom is 0.306 e. The summed E-state index contributed by atoms with van der Waals surface area (Å²) in [7, 11) is 1.15. The average Bonchev–Trinajstić information content (AvgIpc) is 3.51. The first kappa shape index (κ1) is 79.2. The maximum absolute atomic E-state index is 13.6. The zero-order valence-corrected chi connectivity index (χ0v) is 55.0. The number of likely N-dealkylation sites (N-methyl/N-ethyl adjacent to an activating group) is 1. The number of nitrogens with one attached hydrogen (secondary N) is 1. The van der Waals surface area contributed by atoms with E-state index in [4.69, 9.17) is 13.8 Å². The molecule has 0 saturated carbocycles. The summed E-state index contributed by atoms with van der Waals surface area (Å²) in [6.07, 6.45) is 87.1. The van der Waals surface area contributed by atoms with Crippen molar-refractivity contribution in [1.29, 1.82) is 0 Å². The van der Waals surface area contributed by atoms with Crippen LogP contribution in [0, 0.1) is 0 Å². The first-order valence-corrected chi connectivity index (χ1v) is 35.0. The molecule has 0 aromatic heterocycles. The first-order chi connectivity index (χ1) is 40.4. The van der Waals surface area contributed by atoms with Crippen LogP contribution in [-0.4, -0.2) is 69.4 Å². The Kier molecular flexibility index (Phi) is 58.4. The summed E-state index contributed by atoms with van der Waals surface area (Å²) in [5, 5.41) is 3.02. The molecule has 0 aromatic carbocycles. The summed E-state index contributed by atoms with van der Waals surface area (Å²) < 4.78 is 30.4. The molecule has 0 saturated heterocycles. The highest BCUT2D eigenvalue weighted by Crippen LogP contribution is 2.38. The van der Waals surface area contributed by atoms with Crippen LogP contribution in [0.25, 0.3) is 0 Å². The number of esters is 1. The third-order valence-corrected chi connectivity index (χ3v) is 15.0. The predicted molar refractivity (Wildman–Crippen MR) is 357 cm³/mol. The van der Waals surface area contributed by atoms with Gasteiger partial charge in [-0.1, -0.05) is 264 Å². The highest BCUT2D eigenvalue weighted by molar-refractivity contribution is 7.45. The fourth-order valence-electron chi connectivity index (χ4n) is 8.99. The molecule has 1 N–H and O–H groups in total. The number of allylic oxidation sites excluding steroid dienone is 21. The number of carbonyl (C=O) groups excluding carboxylic acids is 2. The molecule has 0 aliphatic rings. The molecule has 0 bridgehead atoms. The standard InChI is InChI=1S/C73H125N2O7P/c1-7-10-13-16-19-22-25-27-29-31-33-35-36-37-38-40-42-44-46-48-51-54-57-60-63-66-73(77)82-71(64-61-58-55-52-49-24-21-18-15-12-9-3)70(69-81-83(78,79)80-68-67-75(4,5)6)74-72(76)65-62-59-56-53-50-47-45-43-41-39-34-32-30-28-26-23-20-17-14-11-8-2/h10-11,13-14,19-20,22-23,27-30,33-35,37-39,43,45,61,64,70-71H,7-9,12,15-18,21,24-26,31-32,36,40-42,44,46-60,62-63,65-69H2,1-6H3,(H-,74,76,78,79)/b13-10-,14-11-,22-19-,23-20-,29-27-,30-28-,35-33-,38-37-,39-34-,45-43-,64-61+. The van der Waals surface area contributed by atoms with Gasteiger partial charge in [0.15, 0.2) is 0 Å². The van der Waals surface area contributed by atoms with Gasteiger partial charge in [-0.05, 0) is 122 Å². The smallest absolute Gasteiger partial charge is 0.306 e. The second kappa shape index (κ2) is 61.2. The molecule has 0 spiro atoms. The van der Waals surface area contributed by atoms with E-state index >= 15 is 0 Å². The molecular formula is C73H125N2O7P. The minimum absolute atomic E-state index is 0.0346. The van der Waals surface area contributed by atoms with E-state index in [0.717, 1.165) is 141 Å². The zero-order valence-electron chi connectivity index (χ0n) is 54.1. The molecule has 3 unspecified atom stereocenters. The Hall–Kier alpha value is -3.85. The van der Waals surface area contributed by atoms with Crippen molar-refractivity contribution < 1.29 is 37.3 Å². The molecule has 1 amide bonds. The largest absolute Gasteiger partial charge is 0.756 e. The topological polar surface area (TPSA) is 114 Å². The van der Waals surface area contributed by atoms with Crippen molar-refractivity contribution in [3.8, 4) is 0 Å². The quantitative estimate of drug-likeness (QED) is 0.0212. The van der Waals surface area contributed by atoms with E-state index in [1.165, 1.54) is 77.0 Å². The number of hydrogen-bond donors (Lipinski definition) is 1. The van der Waals surface area contributed by atoms with Crippen molar-refractivity contribution >= 4 is 19.7 Å². The van der Waals surface area contributed by atoms with Gasteiger partial charge < -0.3 is 28.5 Å². The molecule has 3 atom stereocenters.